The zero-order chi connectivity index (χ0) is 13.9. The van der Waals surface area contributed by atoms with Crippen molar-refractivity contribution in [2.75, 3.05) is 20.8 Å². The highest BCUT2D eigenvalue weighted by molar-refractivity contribution is 6.32. The standard InChI is InChI=1S/C15H22ClNO2/c1-15(5-4-6-15)10-17-9-11-7-12(16)14(19-3)13(8-11)18-2/h7-8,17H,4-6,9-10H2,1-3H3. The second-order valence-electron chi connectivity index (χ2n) is 5.58. The van der Waals surface area contributed by atoms with Gasteiger partial charge in [0.15, 0.2) is 11.5 Å². The van der Waals surface area contributed by atoms with Crippen molar-refractivity contribution in [3.05, 3.63) is 22.7 Å². The van der Waals surface area contributed by atoms with Crippen LogP contribution in [-0.2, 0) is 6.54 Å². The SMILES string of the molecule is COc1cc(CNCC2(C)CCC2)cc(Cl)c1OC. The molecule has 0 saturated heterocycles. The van der Waals surface area contributed by atoms with E-state index in [9.17, 15) is 0 Å². The monoisotopic (exact) mass is 283 g/mol. The topological polar surface area (TPSA) is 30.5 Å². The molecule has 0 radical (unpaired) electrons. The van der Waals surface area contributed by atoms with Crippen LogP contribution in [0.25, 0.3) is 0 Å². The zero-order valence-corrected chi connectivity index (χ0v) is 12.6. The number of methoxy groups -OCH3 is 2. The molecule has 1 aromatic carbocycles. The second-order valence-corrected chi connectivity index (χ2v) is 5.99. The number of nitrogens with one attached hydrogen (secondary N) is 1. The first-order valence-corrected chi connectivity index (χ1v) is 7.07. The number of benzene rings is 1. The van der Waals surface area contributed by atoms with Crippen molar-refractivity contribution < 1.29 is 9.47 Å². The van der Waals surface area contributed by atoms with Crippen LogP contribution < -0.4 is 14.8 Å². The van der Waals surface area contributed by atoms with Gasteiger partial charge in [-0.15, -0.1) is 0 Å². The molecule has 3 nitrogen and oxygen atoms in total. The van der Waals surface area contributed by atoms with Crippen LogP contribution in [0.2, 0.25) is 5.02 Å². The zero-order valence-electron chi connectivity index (χ0n) is 11.9. The Bertz CT molecular complexity index is 444. The number of ether oxygens (including phenoxy) is 2. The van der Waals surface area contributed by atoms with Gasteiger partial charge in [0.2, 0.25) is 0 Å². The first-order chi connectivity index (χ1) is 9.08. The summed E-state index contributed by atoms with van der Waals surface area (Å²) in [5.41, 5.74) is 1.60. The maximum Gasteiger partial charge on any atom is 0.179 e. The van der Waals surface area contributed by atoms with E-state index in [1.807, 2.05) is 12.1 Å². The maximum absolute atomic E-state index is 6.19. The minimum Gasteiger partial charge on any atom is -0.493 e. The molecule has 0 amide bonds. The summed E-state index contributed by atoms with van der Waals surface area (Å²) in [4.78, 5) is 0. The van der Waals surface area contributed by atoms with E-state index in [2.05, 4.69) is 12.2 Å². The van der Waals surface area contributed by atoms with Gasteiger partial charge >= 0.3 is 0 Å². The molecule has 0 aliphatic heterocycles. The Morgan fingerprint density at radius 3 is 2.53 bits per heavy atom. The summed E-state index contributed by atoms with van der Waals surface area (Å²) in [6.45, 7) is 4.19. The van der Waals surface area contributed by atoms with Crippen LogP contribution >= 0.6 is 11.6 Å². The lowest BCUT2D eigenvalue weighted by molar-refractivity contribution is 0.156. The maximum atomic E-state index is 6.19. The molecule has 1 aliphatic carbocycles. The van der Waals surface area contributed by atoms with E-state index in [0.717, 1.165) is 18.7 Å². The quantitative estimate of drug-likeness (QED) is 0.865. The highest BCUT2D eigenvalue weighted by Gasteiger charge is 2.30. The van der Waals surface area contributed by atoms with Gasteiger partial charge in [-0.1, -0.05) is 24.9 Å². The van der Waals surface area contributed by atoms with E-state index < -0.39 is 0 Å². The van der Waals surface area contributed by atoms with E-state index in [-0.39, 0.29) is 0 Å². The molecule has 1 fully saturated rings. The molecule has 1 N–H and O–H groups in total. The van der Waals surface area contributed by atoms with Crippen molar-refractivity contribution in [1.29, 1.82) is 0 Å². The first-order valence-electron chi connectivity index (χ1n) is 6.69. The molecule has 0 unspecified atom stereocenters. The number of hydrogen-bond donors (Lipinski definition) is 1. The minimum atomic E-state index is 0.486. The Morgan fingerprint density at radius 2 is 2.00 bits per heavy atom. The van der Waals surface area contributed by atoms with Crippen LogP contribution in [0.1, 0.15) is 31.7 Å². The molecular weight excluding hydrogens is 262 g/mol. The van der Waals surface area contributed by atoms with Crippen molar-refractivity contribution in [2.45, 2.75) is 32.7 Å². The molecule has 19 heavy (non-hydrogen) atoms. The van der Waals surface area contributed by atoms with E-state index in [1.54, 1.807) is 14.2 Å². The summed E-state index contributed by atoms with van der Waals surface area (Å²) in [6, 6.07) is 3.90. The van der Waals surface area contributed by atoms with Crippen molar-refractivity contribution >= 4 is 11.6 Å². The summed E-state index contributed by atoms with van der Waals surface area (Å²) >= 11 is 6.19. The van der Waals surface area contributed by atoms with Crippen LogP contribution in [0.5, 0.6) is 11.5 Å². The lowest BCUT2D eigenvalue weighted by atomic mass is 9.70. The van der Waals surface area contributed by atoms with Gasteiger partial charge in [-0.05, 0) is 36.0 Å². The molecule has 106 valence electrons. The summed E-state index contributed by atoms with van der Waals surface area (Å²) in [5, 5.41) is 4.10. The van der Waals surface area contributed by atoms with Gasteiger partial charge < -0.3 is 14.8 Å². The third-order valence-electron chi connectivity index (χ3n) is 3.93. The fourth-order valence-electron chi connectivity index (χ4n) is 2.54. The smallest absolute Gasteiger partial charge is 0.179 e. The Labute approximate surface area is 120 Å². The van der Waals surface area contributed by atoms with Crippen molar-refractivity contribution in [1.82, 2.24) is 5.32 Å². The first kappa shape index (κ1) is 14.5. The molecule has 1 aromatic rings. The van der Waals surface area contributed by atoms with E-state index in [0.29, 0.717) is 21.9 Å². The molecule has 0 bridgehead atoms. The molecule has 1 aliphatic rings. The van der Waals surface area contributed by atoms with Crippen molar-refractivity contribution in [2.24, 2.45) is 5.41 Å². The summed E-state index contributed by atoms with van der Waals surface area (Å²) in [6.07, 6.45) is 4.01. The van der Waals surface area contributed by atoms with Crippen LogP contribution in [0, 0.1) is 5.41 Å². The minimum absolute atomic E-state index is 0.486. The van der Waals surface area contributed by atoms with Gasteiger partial charge in [0, 0.05) is 13.1 Å². The highest BCUT2D eigenvalue weighted by atomic mass is 35.5. The van der Waals surface area contributed by atoms with E-state index in [1.165, 1.54) is 19.3 Å². The highest BCUT2D eigenvalue weighted by Crippen LogP contribution is 2.39. The molecule has 0 spiro atoms. The molecule has 0 aromatic heterocycles. The lowest BCUT2D eigenvalue weighted by Crippen LogP contribution is -2.36. The number of halogens is 1. The molecule has 1 saturated carbocycles. The normalized spacial score (nSPS) is 16.8. The third-order valence-corrected chi connectivity index (χ3v) is 4.22. The molecule has 0 atom stereocenters. The molecule has 0 heterocycles. The average Bonchev–Trinajstić information content (AvgIpc) is 2.36. The van der Waals surface area contributed by atoms with Gasteiger partial charge in [0.25, 0.3) is 0 Å². The largest absolute Gasteiger partial charge is 0.493 e. The predicted molar refractivity (Wildman–Crippen MR) is 78.2 cm³/mol. The van der Waals surface area contributed by atoms with E-state index in [4.69, 9.17) is 21.1 Å². The fraction of sp³-hybridized carbons (Fsp3) is 0.600. The van der Waals surface area contributed by atoms with Gasteiger partial charge in [0.1, 0.15) is 0 Å². The number of hydrogen-bond acceptors (Lipinski definition) is 3. The van der Waals surface area contributed by atoms with Crippen molar-refractivity contribution in [3.63, 3.8) is 0 Å². The fourth-order valence-corrected chi connectivity index (χ4v) is 2.85. The van der Waals surface area contributed by atoms with Crippen LogP contribution in [0.3, 0.4) is 0 Å². The molecule has 2 rings (SSSR count). The van der Waals surface area contributed by atoms with Crippen LogP contribution in [0.15, 0.2) is 12.1 Å². The third kappa shape index (κ3) is 3.34. The van der Waals surface area contributed by atoms with Crippen LogP contribution in [0.4, 0.5) is 0 Å². The lowest BCUT2D eigenvalue weighted by Gasteiger charge is -2.38. The molecule has 4 heteroatoms. The Hall–Kier alpha value is -0.930. The Kier molecular flexibility index (Phi) is 4.58. The predicted octanol–water partition coefficient (Wildman–Crippen LogP) is 3.64. The second kappa shape index (κ2) is 6.02. The Morgan fingerprint density at radius 1 is 1.26 bits per heavy atom. The summed E-state index contributed by atoms with van der Waals surface area (Å²) < 4.78 is 10.5. The van der Waals surface area contributed by atoms with Gasteiger partial charge in [-0.2, -0.15) is 0 Å². The van der Waals surface area contributed by atoms with Crippen molar-refractivity contribution in [3.8, 4) is 11.5 Å². The molecular formula is C15H22ClNO2. The van der Waals surface area contributed by atoms with Gasteiger partial charge in [-0.25, -0.2) is 0 Å². The average molecular weight is 284 g/mol. The number of rotatable bonds is 6. The van der Waals surface area contributed by atoms with Gasteiger partial charge in [-0.3, -0.25) is 0 Å². The summed E-state index contributed by atoms with van der Waals surface area (Å²) in [5.74, 6) is 1.28. The Balaban J connectivity index is 1.98. The summed E-state index contributed by atoms with van der Waals surface area (Å²) in [7, 11) is 3.22. The van der Waals surface area contributed by atoms with E-state index >= 15 is 0 Å². The van der Waals surface area contributed by atoms with Crippen LogP contribution in [-0.4, -0.2) is 20.8 Å². The van der Waals surface area contributed by atoms with Gasteiger partial charge in [0.05, 0.1) is 19.2 Å².